The fourth-order valence-corrected chi connectivity index (χ4v) is 2.88. The molecule has 0 aliphatic heterocycles. The van der Waals surface area contributed by atoms with Crippen molar-refractivity contribution in [1.29, 1.82) is 0 Å². The van der Waals surface area contributed by atoms with Crippen molar-refractivity contribution in [2.75, 3.05) is 0 Å². The van der Waals surface area contributed by atoms with Crippen molar-refractivity contribution in [1.82, 2.24) is 5.32 Å². The summed E-state index contributed by atoms with van der Waals surface area (Å²) in [7, 11) is 0. The predicted molar refractivity (Wildman–Crippen MR) is 74.7 cm³/mol. The Bertz CT molecular complexity index is 585. The SMILES string of the molecule is Cc1cc(C(C)NCc2ccsc2C(=O)O)c(C)o1. The summed E-state index contributed by atoms with van der Waals surface area (Å²) in [4.78, 5) is 11.4. The van der Waals surface area contributed by atoms with Gasteiger partial charge in [0.15, 0.2) is 0 Å². The van der Waals surface area contributed by atoms with Crippen LogP contribution in [0.3, 0.4) is 0 Å². The van der Waals surface area contributed by atoms with Crippen LogP contribution >= 0.6 is 11.3 Å². The second-order valence-electron chi connectivity index (χ2n) is 4.55. The Hall–Kier alpha value is -1.59. The number of hydrogen-bond donors (Lipinski definition) is 2. The molecule has 2 rings (SSSR count). The molecule has 2 aromatic rings. The van der Waals surface area contributed by atoms with Gasteiger partial charge < -0.3 is 14.8 Å². The molecule has 0 saturated heterocycles. The van der Waals surface area contributed by atoms with Crippen molar-refractivity contribution in [2.24, 2.45) is 0 Å². The molecule has 0 spiro atoms. The molecule has 0 bridgehead atoms. The lowest BCUT2D eigenvalue weighted by atomic mass is 10.1. The van der Waals surface area contributed by atoms with Crippen LogP contribution in [0.15, 0.2) is 21.9 Å². The van der Waals surface area contributed by atoms with Crippen molar-refractivity contribution >= 4 is 17.3 Å². The lowest BCUT2D eigenvalue weighted by Gasteiger charge is -2.12. The third-order valence-corrected chi connectivity index (χ3v) is 4.03. The van der Waals surface area contributed by atoms with Crippen molar-refractivity contribution in [3.63, 3.8) is 0 Å². The van der Waals surface area contributed by atoms with E-state index in [1.807, 2.05) is 32.9 Å². The van der Waals surface area contributed by atoms with Crippen LogP contribution in [-0.2, 0) is 6.54 Å². The highest BCUT2D eigenvalue weighted by Gasteiger charge is 2.15. The first kappa shape index (κ1) is 13.8. The summed E-state index contributed by atoms with van der Waals surface area (Å²) in [6, 6.07) is 3.99. The van der Waals surface area contributed by atoms with Crippen molar-refractivity contribution in [2.45, 2.75) is 33.4 Å². The topological polar surface area (TPSA) is 62.5 Å². The van der Waals surface area contributed by atoms with E-state index in [1.165, 1.54) is 11.3 Å². The number of aryl methyl sites for hydroxylation is 2. The van der Waals surface area contributed by atoms with Crippen LogP contribution in [0.1, 0.15) is 45.3 Å². The Morgan fingerprint density at radius 1 is 1.53 bits per heavy atom. The minimum atomic E-state index is -0.866. The summed E-state index contributed by atoms with van der Waals surface area (Å²) < 4.78 is 5.50. The lowest BCUT2D eigenvalue weighted by molar-refractivity contribution is 0.0701. The standard InChI is InChI=1S/C14H17NO3S/c1-8-6-12(10(3)18-8)9(2)15-7-11-4-5-19-13(11)14(16)17/h4-6,9,15H,7H2,1-3H3,(H,16,17). The van der Waals surface area contributed by atoms with E-state index >= 15 is 0 Å². The van der Waals surface area contributed by atoms with Gasteiger partial charge in [-0.15, -0.1) is 11.3 Å². The van der Waals surface area contributed by atoms with Gasteiger partial charge in [0, 0.05) is 18.2 Å². The van der Waals surface area contributed by atoms with Crippen LogP contribution in [0.4, 0.5) is 0 Å². The van der Waals surface area contributed by atoms with E-state index < -0.39 is 5.97 Å². The summed E-state index contributed by atoms with van der Waals surface area (Å²) in [6.07, 6.45) is 0. The van der Waals surface area contributed by atoms with Gasteiger partial charge >= 0.3 is 5.97 Å². The van der Waals surface area contributed by atoms with Crippen LogP contribution in [0.2, 0.25) is 0 Å². The third-order valence-electron chi connectivity index (χ3n) is 3.09. The molecule has 0 amide bonds. The molecule has 5 heteroatoms. The third kappa shape index (κ3) is 3.05. The highest BCUT2D eigenvalue weighted by molar-refractivity contribution is 7.12. The maximum atomic E-state index is 11.0. The van der Waals surface area contributed by atoms with E-state index in [0.717, 1.165) is 22.6 Å². The molecule has 0 saturated carbocycles. The van der Waals surface area contributed by atoms with Crippen LogP contribution in [0.25, 0.3) is 0 Å². The van der Waals surface area contributed by atoms with E-state index in [9.17, 15) is 4.79 Å². The average Bonchev–Trinajstić information content (AvgIpc) is 2.92. The van der Waals surface area contributed by atoms with E-state index in [-0.39, 0.29) is 6.04 Å². The number of rotatable bonds is 5. The van der Waals surface area contributed by atoms with E-state index in [4.69, 9.17) is 9.52 Å². The Labute approximate surface area is 116 Å². The number of aromatic carboxylic acids is 1. The number of nitrogens with one attached hydrogen (secondary N) is 1. The zero-order valence-electron chi connectivity index (χ0n) is 11.2. The largest absolute Gasteiger partial charge is 0.477 e. The summed E-state index contributed by atoms with van der Waals surface area (Å²) in [5.41, 5.74) is 1.94. The normalized spacial score (nSPS) is 12.6. The van der Waals surface area contributed by atoms with Crippen molar-refractivity contribution < 1.29 is 14.3 Å². The molecule has 1 unspecified atom stereocenters. The van der Waals surface area contributed by atoms with Crippen LogP contribution in [-0.4, -0.2) is 11.1 Å². The quantitative estimate of drug-likeness (QED) is 0.879. The second-order valence-corrected chi connectivity index (χ2v) is 5.47. The van der Waals surface area contributed by atoms with E-state index in [2.05, 4.69) is 5.32 Å². The van der Waals surface area contributed by atoms with Crippen molar-refractivity contribution in [3.8, 4) is 0 Å². The minimum absolute atomic E-state index is 0.124. The molecule has 4 nitrogen and oxygen atoms in total. The van der Waals surface area contributed by atoms with E-state index in [0.29, 0.717) is 11.4 Å². The fourth-order valence-electron chi connectivity index (χ4n) is 2.12. The zero-order chi connectivity index (χ0) is 14.0. The molecule has 2 N–H and O–H groups in total. The number of carboxylic acid groups (broad SMARTS) is 1. The maximum Gasteiger partial charge on any atom is 0.346 e. The smallest absolute Gasteiger partial charge is 0.346 e. The summed E-state index contributed by atoms with van der Waals surface area (Å²) in [5, 5.41) is 14.2. The Morgan fingerprint density at radius 2 is 2.26 bits per heavy atom. The van der Waals surface area contributed by atoms with Gasteiger partial charge in [-0.25, -0.2) is 4.79 Å². The molecule has 102 valence electrons. The molecule has 0 aromatic carbocycles. The van der Waals surface area contributed by atoms with Crippen LogP contribution < -0.4 is 5.32 Å². The van der Waals surface area contributed by atoms with Crippen molar-refractivity contribution in [3.05, 3.63) is 45.0 Å². The predicted octanol–water partition coefficient (Wildman–Crippen LogP) is 3.51. The van der Waals surface area contributed by atoms with Gasteiger partial charge in [0.1, 0.15) is 16.4 Å². The van der Waals surface area contributed by atoms with Gasteiger partial charge in [0.25, 0.3) is 0 Å². The van der Waals surface area contributed by atoms with E-state index in [1.54, 1.807) is 5.38 Å². The molecule has 2 heterocycles. The highest BCUT2D eigenvalue weighted by atomic mass is 32.1. The first-order valence-corrected chi connectivity index (χ1v) is 6.97. The Balaban J connectivity index is 2.04. The molecular weight excluding hydrogens is 262 g/mol. The number of carboxylic acids is 1. The number of thiophene rings is 1. The fraction of sp³-hybridized carbons (Fsp3) is 0.357. The van der Waals surface area contributed by atoms with Crippen LogP contribution in [0.5, 0.6) is 0 Å². The first-order chi connectivity index (χ1) is 8.99. The van der Waals surface area contributed by atoms with Gasteiger partial charge in [-0.1, -0.05) is 0 Å². The van der Waals surface area contributed by atoms with Gasteiger partial charge in [-0.2, -0.15) is 0 Å². The molecule has 2 aromatic heterocycles. The molecule has 0 fully saturated rings. The molecule has 0 radical (unpaired) electrons. The molecule has 1 atom stereocenters. The van der Waals surface area contributed by atoms with Gasteiger partial charge in [0.05, 0.1) is 0 Å². The number of furan rings is 1. The average molecular weight is 279 g/mol. The monoisotopic (exact) mass is 279 g/mol. The summed E-state index contributed by atoms with van der Waals surface area (Å²) in [6.45, 7) is 6.44. The second kappa shape index (κ2) is 5.59. The van der Waals surface area contributed by atoms with Gasteiger partial charge in [-0.05, 0) is 43.8 Å². The summed E-state index contributed by atoms with van der Waals surface area (Å²) in [5.74, 6) is 0.930. The Kier molecular flexibility index (Phi) is 4.07. The highest BCUT2D eigenvalue weighted by Crippen LogP contribution is 2.22. The zero-order valence-corrected chi connectivity index (χ0v) is 12.0. The number of hydrogen-bond acceptors (Lipinski definition) is 4. The Morgan fingerprint density at radius 3 is 2.84 bits per heavy atom. The van der Waals surface area contributed by atoms with Gasteiger partial charge in [-0.3, -0.25) is 0 Å². The van der Waals surface area contributed by atoms with Gasteiger partial charge in [0.2, 0.25) is 0 Å². The molecule has 0 aliphatic rings. The maximum absolute atomic E-state index is 11.0. The minimum Gasteiger partial charge on any atom is -0.477 e. The molecule has 19 heavy (non-hydrogen) atoms. The first-order valence-electron chi connectivity index (χ1n) is 6.09. The number of carbonyl (C=O) groups is 1. The summed E-state index contributed by atoms with van der Waals surface area (Å²) >= 11 is 1.25. The van der Waals surface area contributed by atoms with Crippen LogP contribution in [0, 0.1) is 13.8 Å². The molecule has 0 aliphatic carbocycles. The molecular formula is C14H17NO3S. The lowest BCUT2D eigenvalue weighted by Crippen LogP contribution is -2.19.